The van der Waals surface area contributed by atoms with E-state index in [0.717, 1.165) is 12.1 Å². The molecule has 1 N–H and O–H groups in total. The minimum absolute atomic E-state index is 0.0157. The highest BCUT2D eigenvalue weighted by Crippen LogP contribution is 2.21. The zero-order valence-corrected chi connectivity index (χ0v) is 12.9. The normalized spacial score (nSPS) is 20.5. The van der Waals surface area contributed by atoms with Gasteiger partial charge in [-0.3, -0.25) is 0 Å². The van der Waals surface area contributed by atoms with Gasteiger partial charge < -0.3 is 14.8 Å². The Morgan fingerprint density at radius 3 is 2.76 bits per heavy atom. The summed E-state index contributed by atoms with van der Waals surface area (Å²) in [5.41, 5.74) is 1.05. The van der Waals surface area contributed by atoms with Crippen LogP contribution in [-0.4, -0.2) is 36.6 Å². The fourth-order valence-electron chi connectivity index (χ4n) is 2.50. The number of amides is 1. The number of ether oxygens (including phenoxy) is 2. The summed E-state index contributed by atoms with van der Waals surface area (Å²) >= 11 is 0. The molecular weight excluding hydrogens is 268 g/mol. The van der Waals surface area contributed by atoms with Crippen molar-refractivity contribution in [2.75, 3.05) is 13.2 Å². The first-order valence-corrected chi connectivity index (χ1v) is 7.43. The minimum atomic E-state index is -0.402. The molecule has 2 atom stereocenters. The van der Waals surface area contributed by atoms with Crippen LogP contribution in [0, 0.1) is 5.92 Å². The Morgan fingerprint density at radius 2 is 2.10 bits per heavy atom. The number of nitrogens with one attached hydrogen (secondary N) is 1. The summed E-state index contributed by atoms with van der Waals surface area (Å²) in [6.45, 7) is 8.02. The Hall–Kier alpha value is -1.59. The molecule has 0 aliphatic carbocycles. The predicted octanol–water partition coefficient (Wildman–Crippen LogP) is 2.57. The molecule has 5 nitrogen and oxygen atoms in total. The predicted molar refractivity (Wildman–Crippen MR) is 80.5 cm³/mol. The summed E-state index contributed by atoms with van der Waals surface area (Å²) in [6.07, 6.45) is -0.682. The summed E-state index contributed by atoms with van der Waals surface area (Å²) in [5.74, 6) is 0.367. The first-order chi connectivity index (χ1) is 10.1. The first kappa shape index (κ1) is 15.8. The number of hydrogen-bond donors (Lipinski definition) is 1. The lowest BCUT2D eigenvalue weighted by Crippen LogP contribution is -2.44. The van der Waals surface area contributed by atoms with Gasteiger partial charge in [-0.1, -0.05) is 44.2 Å². The maximum absolute atomic E-state index is 11.9. The highest BCUT2D eigenvalue weighted by molar-refractivity contribution is 5.67. The van der Waals surface area contributed by atoms with Crippen molar-refractivity contribution in [2.45, 2.75) is 39.8 Å². The molecule has 0 radical (unpaired) electrons. The summed E-state index contributed by atoms with van der Waals surface area (Å²) in [6, 6.07) is 9.77. The molecule has 1 saturated heterocycles. The van der Waals surface area contributed by atoms with Crippen LogP contribution < -0.4 is 5.32 Å². The first-order valence-electron chi connectivity index (χ1n) is 7.43. The molecular formula is C16H24N2O3. The number of benzene rings is 1. The van der Waals surface area contributed by atoms with Gasteiger partial charge >= 0.3 is 6.09 Å². The van der Waals surface area contributed by atoms with Gasteiger partial charge in [-0.05, 0) is 18.4 Å². The molecule has 116 valence electrons. The molecule has 0 aromatic heterocycles. The lowest BCUT2D eigenvalue weighted by atomic mass is 10.2. The van der Waals surface area contributed by atoms with Crippen LogP contribution in [-0.2, 0) is 16.0 Å². The molecule has 0 spiro atoms. The van der Waals surface area contributed by atoms with Crippen LogP contribution in [0.2, 0.25) is 0 Å². The smallest absolute Gasteiger partial charge is 0.408 e. The molecule has 1 amide bonds. The van der Waals surface area contributed by atoms with E-state index in [9.17, 15) is 4.79 Å². The van der Waals surface area contributed by atoms with E-state index in [1.54, 1.807) is 0 Å². The van der Waals surface area contributed by atoms with Crippen molar-refractivity contribution in [2.24, 2.45) is 5.92 Å². The molecule has 1 aliphatic heterocycles. The molecule has 2 rings (SSSR count). The maximum atomic E-state index is 11.9. The van der Waals surface area contributed by atoms with Crippen molar-refractivity contribution in [1.82, 2.24) is 10.2 Å². The maximum Gasteiger partial charge on any atom is 0.408 e. The molecule has 1 aromatic carbocycles. The average molecular weight is 292 g/mol. The Kier molecular flexibility index (Phi) is 5.59. The molecule has 1 aromatic rings. The average Bonchev–Trinajstić information content (AvgIpc) is 2.96. The van der Waals surface area contributed by atoms with Gasteiger partial charge in [0.2, 0.25) is 0 Å². The van der Waals surface area contributed by atoms with Crippen molar-refractivity contribution in [3.63, 3.8) is 0 Å². The number of nitrogens with zero attached hydrogens (tertiary/aromatic N) is 1. The molecule has 2 unspecified atom stereocenters. The quantitative estimate of drug-likeness (QED) is 0.906. The summed E-state index contributed by atoms with van der Waals surface area (Å²) in [7, 11) is 0. The van der Waals surface area contributed by atoms with Gasteiger partial charge in [-0.15, -0.1) is 0 Å². The molecule has 0 bridgehead atoms. The Morgan fingerprint density at radius 1 is 1.38 bits per heavy atom. The van der Waals surface area contributed by atoms with E-state index in [4.69, 9.17) is 9.47 Å². The van der Waals surface area contributed by atoms with Crippen LogP contribution in [0.4, 0.5) is 4.79 Å². The highest BCUT2D eigenvalue weighted by atomic mass is 16.6. The van der Waals surface area contributed by atoms with Gasteiger partial charge in [0, 0.05) is 13.1 Å². The lowest BCUT2D eigenvalue weighted by molar-refractivity contribution is -0.0800. The van der Waals surface area contributed by atoms with E-state index in [-0.39, 0.29) is 12.5 Å². The third-order valence-corrected chi connectivity index (χ3v) is 3.56. The van der Waals surface area contributed by atoms with Crippen LogP contribution in [0.15, 0.2) is 30.3 Å². The van der Waals surface area contributed by atoms with Crippen LogP contribution in [0.1, 0.15) is 26.3 Å². The van der Waals surface area contributed by atoms with E-state index >= 15 is 0 Å². The van der Waals surface area contributed by atoms with Gasteiger partial charge in [-0.2, -0.15) is 0 Å². The number of carbonyl (C=O) groups is 1. The monoisotopic (exact) mass is 292 g/mol. The van der Waals surface area contributed by atoms with E-state index in [0.29, 0.717) is 19.1 Å². The fourth-order valence-corrected chi connectivity index (χ4v) is 2.50. The van der Waals surface area contributed by atoms with E-state index < -0.39 is 6.09 Å². The van der Waals surface area contributed by atoms with Gasteiger partial charge in [-0.25, -0.2) is 9.69 Å². The summed E-state index contributed by atoms with van der Waals surface area (Å²) in [4.78, 5) is 13.9. The summed E-state index contributed by atoms with van der Waals surface area (Å²) < 4.78 is 11.1. The third kappa shape index (κ3) is 4.44. The number of rotatable bonds is 5. The standard InChI is InChI=1S/C16H24N2O3/c1-12(2)15-18(9-10-20-15)13(3)21-16(19)17-11-14-7-5-4-6-8-14/h4-8,12-13,15H,9-11H2,1-3H3,(H,17,19). The van der Waals surface area contributed by atoms with Gasteiger partial charge in [0.05, 0.1) is 6.61 Å². The molecule has 5 heteroatoms. The topological polar surface area (TPSA) is 50.8 Å². The Balaban J connectivity index is 1.79. The van der Waals surface area contributed by atoms with Crippen LogP contribution in [0.25, 0.3) is 0 Å². The van der Waals surface area contributed by atoms with Crippen LogP contribution in [0.3, 0.4) is 0 Å². The SMILES string of the molecule is CC(C)C1OCCN1C(C)OC(=O)NCc1ccccc1. The molecule has 1 aliphatic rings. The van der Waals surface area contributed by atoms with Crippen molar-refractivity contribution in [1.29, 1.82) is 0 Å². The van der Waals surface area contributed by atoms with E-state index in [1.165, 1.54) is 0 Å². The number of carbonyl (C=O) groups excluding carboxylic acids is 1. The highest BCUT2D eigenvalue weighted by Gasteiger charge is 2.33. The second-order valence-electron chi connectivity index (χ2n) is 5.59. The van der Waals surface area contributed by atoms with E-state index in [1.807, 2.05) is 37.3 Å². The van der Waals surface area contributed by atoms with Crippen molar-refractivity contribution < 1.29 is 14.3 Å². The second kappa shape index (κ2) is 7.43. The Bertz CT molecular complexity index is 450. The largest absolute Gasteiger partial charge is 0.430 e. The molecule has 21 heavy (non-hydrogen) atoms. The van der Waals surface area contributed by atoms with Crippen LogP contribution >= 0.6 is 0 Å². The fraction of sp³-hybridized carbons (Fsp3) is 0.562. The number of hydrogen-bond acceptors (Lipinski definition) is 4. The zero-order chi connectivity index (χ0) is 15.2. The Labute approximate surface area is 126 Å². The second-order valence-corrected chi connectivity index (χ2v) is 5.59. The van der Waals surface area contributed by atoms with Gasteiger partial charge in [0.15, 0.2) is 6.23 Å². The molecule has 1 fully saturated rings. The van der Waals surface area contributed by atoms with E-state index in [2.05, 4.69) is 24.1 Å². The minimum Gasteiger partial charge on any atom is -0.430 e. The van der Waals surface area contributed by atoms with Crippen molar-refractivity contribution in [3.05, 3.63) is 35.9 Å². The third-order valence-electron chi connectivity index (χ3n) is 3.56. The number of alkyl carbamates (subject to hydrolysis) is 1. The lowest BCUT2D eigenvalue weighted by Gasteiger charge is -2.30. The van der Waals surface area contributed by atoms with Gasteiger partial charge in [0.25, 0.3) is 0 Å². The molecule has 0 saturated carbocycles. The van der Waals surface area contributed by atoms with Gasteiger partial charge in [0.1, 0.15) is 6.23 Å². The van der Waals surface area contributed by atoms with Crippen molar-refractivity contribution in [3.8, 4) is 0 Å². The van der Waals surface area contributed by atoms with Crippen LogP contribution in [0.5, 0.6) is 0 Å². The zero-order valence-electron chi connectivity index (χ0n) is 12.9. The molecule has 1 heterocycles. The van der Waals surface area contributed by atoms with Crippen molar-refractivity contribution >= 4 is 6.09 Å². The summed E-state index contributed by atoms with van der Waals surface area (Å²) in [5, 5.41) is 2.77.